The van der Waals surface area contributed by atoms with Crippen molar-refractivity contribution < 1.29 is 4.21 Å². The van der Waals surface area contributed by atoms with Crippen LogP contribution in [0.4, 0.5) is 0 Å². The predicted molar refractivity (Wildman–Crippen MR) is 68.4 cm³/mol. The summed E-state index contributed by atoms with van der Waals surface area (Å²) in [5.74, 6) is 0.704. The summed E-state index contributed by atoms with van der Waals surface area (Å²) < 4.78 is 12.1. The van der Waals surface area contributed by atoms with Gasteiger partial charge in [0.05, 0.1) is 0 Å². The molecular formula is C13H19NOS. The first-order valence-electron chi connectivity index (χ1n) is 5.94. The van der Waals surface area contributed by atoms with Crippen LogP contribution >= 0.6 is 0 Å². The second-order valence-electron chi connectivity index (χ2n) is 4.45. The zero-order valence-electron chi connectivity index (χ0n) is 9.52. The fraction of sp³-hybridized carbons (Fsp3) is 0.538. The highest BCUT2D eigenvalue weighted by Gasteiger charge is 2.21. The van der Waals surface area contributed by atoms with Crippen molar-refractivity contribution in [2.45, 2.75) is 43.2 Å². The molecule has 0 aromatic heterocycles. The van der Waals surface area contributed by atoms with Gasteiger partial charge in [0.15, 0.2) is 0 Å². The Morgan fingerprint density at radius 1 is 1.12 bits per heavy atom. The Hall–Kier alpha value is -0.670. The molecule has 1 unspecified atom stereocenters. The Balaban J connectivity index is 1.94. The lowest BCUT2D eigenvalue weighted by Gasteiger charge is -2.09. The first-order valence-corrected chi connectivity index (χ1v) is 7.33. The summed E-state index contributed by atoms with van der Waals surface area (Å²) in [6.07, 6.45) is 4.80. The molecule has 0 bridgehead atoms. The van der Waals surface area contributed by atoms with Crippen molar-refractivity contribution in [3.05, 3.63) is 35.4 Å². The van der Waals surface area contributed by atoms with Gasteiger partial charge in [-0.3, -0.25) is 4.21 Å². The Morgan fingerprint density at radius 2 is 1.69 bits per heavy atom. The summed E-state index contributed by atoms with van der Waals surface area (Å²) in [6, 6.07) is 8.16. The lowest BCUT2D eigenvalue weighted by Crippen LogP contribution is -2.12. The summed E-state index contributed by atoms with van der Waals surface area (Å²) >= 11 is 0. The zero-order chi connectivity index (χ0) is 11.4. The summed E-state index contributed by atoms with van der Waals surface area (Å²) in [4.78, 5) is 0. The molecule has 1 aromatic carbocycles. The molecule has 3 heteroatoms. The van der Waals surface area contributed by atoms with Crippen LogP contribution in [0.3, 0.4) is 0 Å². The highest BCUT2D eigenvalue weighted by atomic mass is 32.2. The van der Waals surface area contributed by atoms with E-state index in [-0.39, 0.29) is 0 Å². The number of rotatable bonds is 4. The largest absolute Gasteiger partial charge is 0.326 e. The van der Waals surface area contributed by atoms with Gasteiger partial charge in [-0.2, -0.15) is 0 Å². The van der Waals surface area contributed by atoms with Crippen molar-refractivity contribution in [2.75, 3.05) is 0 Å². The van der Waals surface area contributed by atoms with Gasteiger partial charge in [-0.1, -0.05) is 37.1 Å². The van der Waals surface area contributed by atoms with Gasteiger partial charge in [-0.05, 0) is 24.0 Å². The molecule has 0 heterocycles. The molecule has 1 fully saturated rings. The molecule has 1 atom stereocenters. The van der Waals surface area contributed by atoms with Gasteiger partial charge in [0, 0.05) is 28.3 Å². The molecule has 1 aliphatic carbocycles. The quantitative estimate of drug-likeness (QED) is 0.873. The van der Waals surface area contributed by atoms with E-state index in [9.17, 15) is 4.21 Å². The number of hydrogen-bond donors (Lipinski definition) is 1. The average molecular weight is 237 g/mol. The minimum atomic E-state index is -0.686. The van der Waals surface area contributed by atoms with E-state index in [0.717, 1.165) is 18.4 Å². The minimum Gasteiger partial charge on any atom is -0.326 e. The molecule has 2 rings (SSSR count). The molecule has 0 aliphatic heterocycles. The van der Waals surface area contributed by atoms with E-state index < -0.39 is 10.8 Å². The van der Waals surface area contributed by atoms with Crippen LogP contribution in [0, 0.1) is 0 Å². The second-order valence-corrected chi connectivity index (χ2v) is 6.17. The van der Waals surface area contributed by atoms with Gasteiger partial charge < -0.3 is 5.73 Å². The van der Waals surface area contributed by atoms with Gasteiger partial charge in [0.25, 0.3) is 0 Å². The van der Waals surface area contributed by atoms with Crippen molar-refractivity contribution in [2.24, 2.45) is 5.73 Å². The molecule has 0 saturated heterocycles. The molecule has 0 spiro atoms. The fourth-order valence-corrected chi connectivity index (χ4v) is 3.82. The van der Waals surface area contributed by atoms with Crippen molar-refractivity contribution in [3.63, 3.8) is 0 Å². The Bertz CT molecular complexity index is 355. The highest BCUT2D eigenvalue weighted by molar-refractivity contribution is 7.84. The van der Waals surface area contributed by atoms with Crippen molar-refractivity contribution in [3.8, 4) is 0 Å². The maximum absolute atomic E-state index is 12.1. The Labute approximate surface area is 99.7 Å². The van der Waals surface area contributed by atoms with E-state index in [1.54, 1.807) is 0 Å². The predicted octanol–water partition coefficient (Wildman–Crippen LogP) is 2.34. The van der Waals surface area contributed by atoms with Crippen LogP contribution in [-0.4, -0.2) is 9.46 Å². The summed E-state index contributed by atoms with van der Waals surface area (Å²) in [5, 5.41) is 0.439. The van der Waals surface area contributed by atoms with Gasteiger partial charge in [-0.25, -0.2) is 0 Å². The standard InChI is InChI=1S/C13H19NOS/c14-9-11-5-7-12(8-6-11)10-16(15)13-3-1-2-4-13/h5-8,13H,1-4,9-10,14H2. The third-order valence-electron chi connectivity index (χ3n) is 3.24. The summed E-state index contributed by atoms with van der Waals surface area (Å²) in [5.41, 5.74) is 7.84. The molecule has 1 aromatic rings. The summed E-state index contributed by atoms with van der Waals surface area (Å²) in [7, 11) is -0.686. The monoisotopic (exact) mass is 237 g/mol. The third kappa shape index (κ3) is 2.92. The third-order valence-corrected chi connectivity index (χ3v) is 5.07. The second kappa shape index (κ2) is 5.60. The number of hydrogen-bond acceptors (Lipinski definition) is 2. The van der Waals surface area contributed by atoms with E-state index in [2.05, 4.69) is 12.1 Å². The average Bonchev–Trinajstić information content (AvgIpc) is 2.83. The van der Waals surface area contributed by atoms with Gasteiger partial charge in [-0.15, -0.1) is 0 Å². The van der Waals surface area contributed by atoms with E-state index >= 15 is 0 Å². The molecule has 2 nitrogen and oxygen atoms in total. The molecule has 1 saturated carbocycles. The fourth-order valence-electron chi connectivity index (χ4n) is 2.20. The summed E-state index contributed by atoms with van der Waals surface area (Å²) in [6.45, 7) is 0.575. The Morgan fingerprint density at radius 3 is 2.25 bits per heavy atom. The molecule has 16 heavy (non-hydrogen) atoms. The van der Waals surface area contributed by atoms with Crippen LogP contribution < -0.4 is 5.73 Å². The molecule has 1 aliphatic rings. The van der Waals surface area contributed by atoms with Gasteiger partial charge >= 0.3 is 0 Å². The van der Waals surface area contributed by atoms with Crippen LogP contribution in [0.2, 0.25) is 0 Å². The van der Waals surface area contributed by atoms with Crippen LogP contribution in [-0.2, 0) is 23.1 Å². The molecule has 0 radical (unpaired) electrons. The van der Waals surface area contributed by atoms with Crippen LogP contribution in [0.25, 0.3) is 0 Å². The van der Waals surface area contributed by atoms with Crippen LogP contribution in [0.1, 0.15) is 36.8 Å². The lowest BCUT2D eigenvalue weighted by atomic mass is 10.1. The number of benzene rings is 1. The molecule has 0 amide bonds. The van der Waals surface area contributed by atoms with E-state index in [1.807, 2.05) is 12.1 Å². The molecular weight excluding hydrogens is 218 g/mol. The minimum absolute atomic E-state index is 0.439. The van der Waals surface area contributed by atoms with E-state index in [0.29, 0.717) is 17.5 Å². The van der Waals surface area contributed by atoms with Crippen molar-refractivity contribution >= 4 is 10.8 Å². The van der Waals surface area contributed by atoms with Gasteiger partial charge in [0.2, 0.25) is 0 Å². The Kier molecular flexibility index (Phi) is 4.13. The first kappa shape index (κ1) is 11.8. The SMILES string of the molecule is NCc1ccc(CS(=O)C2CCCC2)cc1. The maximum Gasteiger partial charge on any atom is 0.0488 e. The van der Waals surface area contributed by atoms with Crippen molar-refractivity contribution in [1.29, 1.82) is 0 Å². The van der Waals surface area contributed by atoms with Crippen molar-refractivity contribution in [1.82, 2.24) is 0 Å². The molecule has 88 valence electrons. The van der Waals surface area contributed by atoms with Crippen LogP contribution in [0.5, 0.6) is 0 Å². The zero-order valence-corrected chi connectivity index (χ0v) is 10.3. The van der Waals surface area contributed by atoms with E-state index in [4.69, 9.17) is 5.73 Å². The maximum atomic E-state index is 12.1. The smallest absolute Gasteiger partial charge is 0.0488 e. The van der Waals surface area contributed by atoms with E-state index in [1.165, 1.54) is 18.4 Å². The van der Waals surface area contributed by atoms with Crippen LogP contribution in [0.15, 0.2) is 24.3 Å². The number of nitrogens with two attached hydrogens (primary N) is 1. The highest BCUT2D eigenvalue weighted by Crippen LogP contribution is 2.24. The molecule has 2 N–H and O–H groups in total. The lowest BCUT2D eigenvalue weighted by molar-refractivity contribution is 0.668. The first-order chi connectivity index (χ1) is 7.79. The van der Waals surface area contributed by atoms with Gasteiger partial charge in [0.1, 0.15) is 0 Å². The normalized spacial score (nSPS) is 18.8. The topological polar surface area (TPSA) is 43.1 Å².